The number of rotatable bonds is 0. The summed E-state index contributed by atoms with van der Waals surface area (Å²) in [5.74, 6) is 1.19. The first-order valence-electron chi connectivity index (χ1n) is 11.0. The SMILES string of the molecule is [C-]#[N+]c1ccc2cc1Oc1ccc3c(Br)ccc(c3c1)N1CC[C@@H](NCc3cncn3C2)C1=O. The summed E-state index contributed by atoms with van der Waals surface area (Å²) in [5, 5.41) is 5.36. The molecule has 1 atom stereocenters. The van der Waals surface area contributed by atoms with Crippen LogP contribution in [0.15, 0.2) is 65.5 Å². The molecule has 7 nitrogen and oxygen atoms in total. The molecule has 4 aromatic rings. The molecule has 8 heteroatoms. The van der Waals surface area contributed by atoms with E-state index in [-0.39, 0.29) is 11.9 Å². The normalized spacial score (nSPS) is 17.5. The standard InChI is InChI=1S/C26H20BrN5O2/c1-28-22-6-2-16-10-25(22)34-18-3-4-19-20(11-18)24(7-5-21(19)27)32-9-8-23(26(32)33)30-13-17-12-29-15-31(17)14-16/h2-7,10-12,15,23,30H,8-9,13-14H2/t23-/m1/s1. The second kappa shape index (κ2) is 8.28. The van der Waals surface area contributed by atoms with Crippen LogP contribution in [0, 0.1) is 6.57 Å². The summed E-state index contributed by atoms with van der Waals surface area (Å²) in [4.78, 5) is 23.2. The third-order valence-electron chi connectivity index (χ3n) is 6.46. The zero-order valence-electron chi connectivity index (χ0n) is 18.2. The molecule has 1 saturated heterocycles. The van der Waals surface area contributed by atoms with Crippen LogP contribution in [0.3, 0.4) is 0 Å². The second-order valence-electron chi connectivity index (χ2n) is 8.51. The summed E-state index contributed by atoms with van der Waals surface area (Å²) in [5.41, 5.74) is 3.30. The van der Waals surface area contributed by atoms with Gasteiger partial charge in [-0.25, -0.2) is 9.83 Å². The molecule has 6 bridgehead atoms. The van der Waals surface area contributed by atoms with Crippen LogP contribution in [0.2, 0.25) is 0 Å². The Balaban J connectivity index is 1.53. The van der Waals surface area contributed by atoms with Crippen molar-refractivity contribution in [1.82, 2.24) is 14.9 Å². The zero-order valence-corrected chi connectivity index (χ0v) is 19.7. The molecule has 1 aromatic heterocycles. The Morgan fingerprint density at radius 3 is 2.94 bits per heavy atom. The number of hydrogen-bond acceptors (Lipinski definition) is 4. The van der Waals surface area contributed by atoms with Gasteiger partial charge in [-0.3, -0.25) is 4.79 Å². The van der Waals surface area contributed by atoms with Crippen molar-refractivity contribution in [2.75, 3.05) is 11.4 Å². The molecule has 2 aliphatic rings. The van der Waals surface area contributed by atoms with E-state index in [1.54, 1.807) is 12.4 Å². The van der Waals surface area contributed by atoms with Crippen LogP contribution >= 0.6 is 15.9 Å². The number of nitrogens with one attached hydrogen (secondary N) is 1. The Labute approximate surface area is 204 Å². The number of ether oxygens (including phenoxy) is 1. The highest BCUT2D eigenvalue weighted by Crippen LogP contribution is 2.39. The van der Waals surface area contributed by atoms with Crippen LogP contribution in [0.1, 0.15) is 17.7 Å². The molecule has 0 unspecified atom stereocenters. The molecular weight excluding hydrogens is 494 g/mol. The number of imidazole rings is 1. The summed E-state index contributed by atoms with van der Waals surface area (Å²) >= 11 is 3.64. The molecular formula is C26H20BrN5O2. The van der Waals surface area contributed by atoms with Crippen LogP contribution in [0.25, 0.3) is 15.6 Å². The lowest BCUT2D eigenvalue weighted by molar-refractivity contribution is -0.118. The van der Waals surface area contributed by atoms with Crippen molar-refractivity contribution < 1.29 is 9.53 Å². The van der Waals surface area contributed by atoms with Crippen molar-refractivity contribution in [3.8, 4) is 11.5 Å². The number of amides is 1. The van der Waals surface area contributed by atoms with Crippen molar-refractivity contribution in [3.63, 3.8) is 0 Å². The molecule has 3 aromatic carbocycles. The second-order valence-corrected chi connectivity index (χ2v) is 9.37. The van der Waals surface area contributed by atoms with E-state index in [1.807, 2.05) is 58.1 Å². The van der Waals surface area contributed by atoms with E-state index < -0.39 is 0 Å². The van der Waals surface area contributed by atoms with E-state index in [0.29, 0.717) is 36.8 Å². The van der Waals surface area contributed by atoms with Gasteiger partial charge in [-0.05, 0) is 53.8 Å². The lowest BCUT2D eigenvalue weighted by Gasteiger charge is -2.21. The van der Waals surface area contributed by atoms with Gasteiger partial charge in [0, 0.05) is 35.7 Å². The van der Waals surface area contributed by atoms with Gasteiger partial charge in [0.25, 0.3) is 0 Å². The molecule has 34 heavy (non-hydrogen) atoms. The zero-order chi connectivity index (χ0) is 23.2. The van der Waals surface area contributed by atoms with Crippen LogP contribution in [0.4, 0.5) is 11.4 Å². The Morgan fingerprint density at radius 2 is 2.06 bits per heavy atom. The predicted octanol–water partition coefficient (Wildman–Crippen LogP) is 5.40. The lowest BCUT2D eigenvalue weighted by atomic mass is 10.1. The van der Waals surface area contributed by atoms with Crippen molar-refractivity contribution in [2.24, 2.45) is 0 Å². The lowest BCUT2D eigenvalue weighted by Crippen LogP contribution is -2.38. The summed E-state index contributed by atoms with van der Waals surface area (Å²) in [6, 6.07) is 15.2. The number of hydrogen-bond donors (Lipinski definition) is 1. The van der Waals surface area contributed by atoms with E-state index in [0.717, 1.165) is 38.6 Å². The number of aromatic nitrogens is 2. The monoisotopic (exact) mass is 513 g/mol. The van der Waals surface area contributed by atoms with Gasteiger partial charge in [0.1, 0.15) is 11.5 Å². The number of carbonyl (C=O) groups is 1. The number of carbonyl (C=O) groups excluding carboxylic acids is 1. The predicted molar refractivity (Wildman–Crippen MR) is 133 cm³/mol. The van der Waals surface area contributed by atoms with E-state index in [4.69, 9.17) is 11.3 Å². The molecule has 168 valence electrons. The minimum Gasteiger partial charge on any atom is -0.468 e. The van der Waals surface area contributed by atoms with Crippen LogP contribution in [0.5, 0.6) is 11.5 Å². The first-order chi connectivity index (χ1) is 16.6. The van der Waals surface area contributed by atoms with Gasteiger partial charge >= 0.3 is 0 Å². The average Bonchev–Trinajstić information content (AvgIpc) is 3.43. The van der Waals surface area contributed by atoms with Gasteiger partial charge in [0.05, 0.1) is 30.3 Å². The van der Waals surface area contributed by atoms with E-state index in [9.17, 15) is 4.79 Å². The Kier molecular flexibility index (Phi) is 5.09. The van der Waals surface area contributed by atoms with Gasteiger partial charge in [0.2, 0.25) is 11.6 Å². The topological polar surface area (TPSA) is 63.8 Å². The largest absolute Gasteiger partial charge is 0.468 e. The van der Waals surface area contributed by atoms with E-state index in [2.05, 4.69) is 31.1 Å². The van der Waals surface area contributed by atoms with Gasteiger partial charge in [-0.15, -0.1) is 0 Å². The van der Waals surface area contributed by atoms with E-state index >= 15 is 0 Å². The van der Waals surface area contributed by atoms with Gasteiger partial charge in [0.15, 0.2) is 0 Å². The summed E-state index contributed by atoms with van der Waals surface area (Å²) in [6.45, 7) is 9.35. The first kappa shape index (κ1) is 20.9. The van der Waals surface area contributed by atoms with Gasteiger partial charge in [-0.2, -0.15) is 0 Å². The number of fused-ring (bicyclic) bond motifs is 7. The average molecular weight is 514 g/mol. The highest BCUT2D eigenvalue weighted by atomic mass is 79.9. The fourth-order valence-corrected chi connectivity index (χ4v) is 5.18. The van der Waals surface area contributed by atoms with Gasteiger partial charge < -0.3 is 19.5 Å². The van der Waals surface area contributed by atoms with Crippen LogP contribution in [-0.2, 0) is 17.9 Å². The van der Waals surface area contributed by atoms with E-state index in [1.165, 1.54) is 0 Å². The Morgan fingerprint density at radius 1 is 1.15 bits per heavy atom. The van der Waals surface area contributed by atoms with Crippen molar-refractivity contribution >= 4 is 44.0 Å². The minimum absolute atomic E-state index is 0.0635. The summed E-state index contributed by atoms with van der Waals surface area (Å²) in [6.07, 6.45) is 4.34. The summed E-state index contributed by atoms with van der Waals surface area (Å²) < 4.78 is 9.25. The fraction of sp³-hybridized carbons (Fsp3) is 0.192. The maximum absolute atomic E-state index is 13.4. The summed E-state index contributed by atoms with van der Waals surface area (Å²) in [7, 11) is 0. The fourth-order valence-electron chi connectivity index (χ4n) is 4.70. The van der Waals surface area contributed by atoms with Crippen molar-refractivity contribution in [2.45, 2.75) is 25.6 Å². The molecule has 2 aliphatic heterocycles. The quantitative estimate of drug-likeness (QED) is 0.320. The smallest absolute Gasteiger partial charge is 0.244 e. The molecule has 0 aliphatic carbocycles. The maximum Gasteiger partial charge on any atom is 0.244 e. The first-order valence-corrected chi connectivity index (χ1v) is 11.8. The molecule has 1 amide bonds. The Bertz CT molecular complexity index is 1490. The maximum atomic E-state index is 13.4. The molecule has 1 fully saturated rings. The molecule has 6 rings (SSSR count). The molecule has 0 spiro atoms. The molecule has 3 heterocycles. The van der Waals surface area contributed by atoms with Gasteiger partial charge in [-0.1, -0.05) is 28.1 Å². The third-order valence-corrected chi connectivity index (χ3v) is 7.15. The highest BCUT2D eigenvalue weighted by Gasteiger charge is 2.33. The number of benzene rings is 3. The highest BCUT2D eigenvalue weighted by molar-refractivity contribution is 9.10. The third kappa shape index (κ3) is 3.54. The van der Waals surface area contributed by atoms with Crippen molar-refractivity contribution in [3.05, 3.63) is 88.2 Å². The minimum atomic E-state index is -0.251. The molecule has 0 saturated carbocycles. The van der Waals surface area contributed by atoms with Crippen molar-refractivity contribution in [1.29, 1.82) is 0 Å². The Hall–Kier alpha value is -3.67. The molecule has 1 N–H and O–H groups in total. The van der Waals surface area contributed by atoms with Crippen LogP contribution < -0.4 is 15.0 Å². The number of anilines is 1. The number of halogens is 1. The molecule has 0 radical (unpaired) electrons. The van der Waals surface area contributed by atoms with Crippen LogP contribution in [-0.4, -0.2) is 28.0 Å². The number of nitrogens with zero attached hydrogens (tertiary/aromatic N) is 4.